The maximum atomic E-state index is 13.0. The Morgan fingerprint density at radius 3 is 2.19 bits per heavy atom. The second kappa shape index (κ2) is 9.88. The van der Waals surface area contributed by atoms with E-state index in [9.17, 15) is 19.5 Å². The van der Waals surface area contributed by atoms with Crippen LogP contribution in [0.4, 0.5) is 5.69 Å². The maximum Gasteiger partial charge on any atom is 0.305 e. The summed E-state index contributed by atoms with van der Waals surface area (Å²) in [5.41, 5.74) is 7.27. The molecule has 162 valence electrons. The molecule has 8 nitrogen and oxygen atoms in total. The second-order valence-corrected chi connectivity index (χ2v) is 7.69. The van der Waals surface area contributed by atoms with Gasteiger partial charge in [-0.15, -0.1) is 0 Å². The summed E-state index contributed by atoms with van der Waals surface area (Å²) in [7, 11) is 0. The Kier molecular flexibility index (Phi) is 7.02. The summed E-state index contributed by atoms with van der Waals surface area (Å²) >= 11 is 0. The number of amidine groups is 1. The summed E-state index contributed by atoms with van der Waals surface area (Å²) < 4.78 is 0. The number of nitrogens with two attached hydrogens (primary N) is 1. The van der Waals surface area contributed by atoms with Crippen LogP contribution in [0.1, 0.15) is 42.9 Å². The molecule has 0 radical (unpaired) electrons. The van der Waals surface area contributed by atoms with Crippen molar-refractivity contribution in [1.29, 1.82) is 5.41 Å². The molecule has 1 aliphatic rings. The molecule has 0 heterocycles. The number of carboxylic acid groups (broad SMARTS) is 1. The summed E-state index contributed by atoms with van der Waals surface area (Å²) in [4.78, 5) is 37.1. The lowest BCUT2D eigenvalue weighted by Gasteiger charge is -2.23. The summed E-state index contributed by atoms with van der Waals surface area (Å²) in [6, 6.07) is 14.9. The second-order valence-electron chi connectivity index (χ2n) is 7.69. The topological polar surface area (TPSA) is 145 Å². The molecular formula is C23H26N4O4. The minimum absolute atomic E-state index is 0.0558. The minimum atomic E-state index is -1.01. The van der Waals surface area contributed by atoms with Gasteiger partial charge in [-0.2, -0.15) is 0 Å². The number of carboxylic acids is 1. The Morgan fingerprint density at radius 1 is 1.00 bits per heavy atom. The number of carbonyl (C=O) groups excluding carboxylic acids is 2. The van der Waals surface area contributed by atoms with E-state index in [1.807, 2.05) is 6.07 Å². The van der Waals surface area contributed by atoms with Crippen LogP contribution in [-0.4, -0.2) is 28.7 Å². The van der Waals surface area contributed by atoms with Crippen LogP contribution < -0.4 is 16.4 Å². The zero-order valence-corrected chi connectivity index (χ0v) is 17.0. The van der Waals surface area contributed by atoms with Gasteiger partial charge in [0.1, 0.15) is 5.84 Å². The number of aliphatic carboxylic acids is 1. The van der Waals surface area contributed by atoms with Crippen LogP contribution in [0.15, 0.2) is 54.6 Å². The SMILES string of the molecule is N=C(N)c1ccc(NC(=O)C2CCCC2C(=O)NC(CC(=O)O)c2ccccc2)cc1. The van der Waals surface area contributed by atoms with E-state index in [2.05, 4.69) is 10.6 Å². The molecule has 3 atom stereocenters. The van der Waals surface area contributed by atoms with Gasteiger partial charge in [-0.25, -0.2) is 0 Å². The van der Waals surface area contributed by atoms with Gasteiger partial charge in [-0.3, -0.25) is 19.8 Å². The van der Waals surface area contributed by atoms with Crippen molar-refractivity contribution in [1.82, 2.24) is 5.32 Å². The number of anilines is 1. The van der Waals surface area contributed by atoms with Crippen molar-refractivity contribution >= 4 is 29.3 Å². The van der Waals surface area contributed by atoms with Crippen LogP contribution >= 0.6 is 0 Å². The van der Waals surface area contributed by atoms with Crippen LogP contribution in [-0.2, 0) is 14.4 Å². The molecule has 0 bridgehead atoms. The number of hydrogen-bond acceptors (Lipinski definition) is 4. The molecule has 3 unspecified atom stereocenters. The summed E-state index contributed by atoms with van der Waals surface area (Å²) in [6.45, 7) is 0. The highest BCUT2D eigenvalue weighted by Crippen LogP contribution is 2.34. The molecule has 0 spiro atoms. The molecule has 1 aliphatic carbocycles. The summed E-state index contributed by atoms with van der Waals surface area (Å²) in [5, 5.41) is 22.3. The lowest BCUT2D eigenvalue weighted by atomic mass is 9.93. The zero-order valence-electron chi connectivity index (χ0n) is 17.0. The first-order valence-corrected chi connectivity index (χ1v) is 10.2. The number of amides is 2. The number of hydrogen-bond donors (Lipinski definition) is 5. The monoisotopic (exact) mass is 422 g/mol. The van der Waals surface area contributed by atoms with Crippen molar-refractivity contribution in [2.45, 2.75) is 31.7 Å². The van der Waals surface area contributed by atoms with Crippen molar-refractivity contribution in [2.75, 3.05) is 5.32 Å². The van der Waals surface area contributed by atoms with Gasteiger partial charge in [0, 0.05) is 23.1 Å². The first kappa shape index (κ1) is 22.0. The van der Waals surface area contributed by atoms with Gasteiger partial charge in [0.05, 0.1) is 12.5 Å². The van der Waals surface area contributed by atoms with Gasteiger partial charge in [-0.05, 0) is 42.7 Å². The van der Waals surface area contributed by atoms with Crippen LogP contribution in [0, 0.1) is 17.2 Å². The Labute approximate surface area is 180 Å². The molecule has 2 amide bonds. The molecule has 1 fully saturated rings. The van der Waals surface area contributed by atoms with E-state index in [1.165, 1.54) is 0 Å². The Balaban J connectivity index is 1.67. The largest absolute Gasteiger partial charge is 0.481 e. The number of benzene rings is 2. The number of carbonyl (C=O) groups is 3. The van der Waals surface area contributed by atoms with Gasteiger partial charge < -0.3 is 21.5 Å². The highest BCUT2D eigenvalue weighted by molar-refractivity contribution is 5.98. The third-order valence-electron chi connectivity index (χ3n) is 5.55. The van der Waals surface area contributed by atoms with Gasteiger partial charge in [0.25, 0.3) is 0 Å². The van der Waals surface area contributed by atoms with Crippen LogP contribution in [0.3, 0.4) is 0 Å². The summed E-state index contributed by atoms with van der Waals surface area (Å²) in [6.07, 6.45) is 1.67. The lowest BCUT2D eigenvalue weighted by Crippen LogP contribution is -2.39. The maximum absolute atomic E-state index is 13.0. The molecule has 6 N–H and O–H groups in total. The van der Waals surface area contributed by atoms with E-state index in [0.29, 0.717) is 29.7 Å². The Hall–Kier alpha value is -3.68. The molecule has 0 aliphatic heterocycles. The lowest BCUT2D eigenvalue weighted by molar-refractivity contribution is -0.138. The first-order chi connectivity index (χ1) is 14.8. The predicted molar refractivity (Wildman–Crippen MR) is 116 cm³/mol. The fourth-order valence-electron chi connectivity index (χ4n) is 3.95. The molecular weight excluding hydrogens is 396 g/mol. The van der Waals surface area contributed by atoms with Crippen molar-refractivity contribution < 1.29 is 19.5 Å². The predicted octanol–water partition coefficient (Wildman–Crippen LogP) is 2.66. The Morgan fingerprint density at radius 2 is 1.61 bits per heavy atom. The van der Waals surface area contributed by atoms with Crippen molar-refractivity contribution in [3.05, 3.63) is 65.7 Å². The van der Waals surface area contributed by atoms with Crippen molar-refractivity contribution in [2.24, 2.45) is 17.6 Å². The molecule has 2 aromatic carbocycles. The van der Waals surface area contributed by atoms with Crippen molar-refractivity contribution in [3.63, 3.8) is 0 Å². The van der Waals surface area contributed by atoms with E-state index in [4.69, 9.17) is 11.1 Å². The zero-order chi connectivity index (χ0) is 22.4. The fourth-order valence-corrected chi connectivity index (χ4v) is 3.95. The van der Waals surface area contributed by atoms with Gasteiger partial charge in [0.2, 0.25) is 11.8 Å². The number of nitrogen functional groups attached to an aromatic ring is 1. The Bertz CT molecular complexity index is 959. The average molecular weight is 422 g/mol. The smallest absolute Gasteiger partial charge is 0.305 e. The van der Waals surface area contributed by atoms with Crippen LogP contribution in [0.5, 0.6) is 0 Å². The van der Waals surface area contributed by atoms with E-state index in [0.717, 1.165) is 6.42 Å². The minimum Gasteiger partial charge on any atom is -0.481 e. The third kappa shape index (κ3) is 5.69. The third-order valence-corrected chi connectivity index (χ3v) is 5.55. The highest BCUT2D eigenvalue weighted by atomic mass is 16.4. The first-order valence-electron chi connectivity index (χ1n) is 10.2. The van der Waals surface area contributed by atoms with E-state index < -0.39 is 23.8 Å². The van der Waals surface area contributed by atoms with Crippen molar-refractivity contribution in [3.8, 4) is 0 Å². The summed E-state index contributed by atoms with van der Waals surface area (Å²) in [5.74, 6) is -2.63. The number of rotatable bonds is 8. The molecule has 31 heavy (non-hydrogen) atoms. The van der Waals surface area contributed by atoms with Gasteiger partial charge >= 0.3 is 5.97 Å². The molecule has 8 heteroatoms. The average Bonchev–Trinajstić information content (AvgIpc) is 3.24. The molecule has 0 saturated heterocycles. The molecule has 0 aromatic heterocycles. The highest BCUT2D eigenvalue weighted by Gasteiger charge is 2.38. The van der Waals surface area contributed by atoms with E-state index >= 15 is 0 Å². The quantitative estimate of drug-likeness (QED) is 0.328. The fraction of sp³-hybridized carbons (Fsp3) is 0.304. The molecule has 1 saturated carbocycles. The van der Waals surface area contributed by atoms with Crippen LogP contribution in [0.2, 0.25) is 0 Å². The van der Waals surface area contributed by atoms with Gasteiger partial charge in [-0.1, -0.05) is 36.8 Å². The standard InChI is InChI=1S/C23H26N4O4/c24-21(25)15-9-11-16(12-10-15)26-22(30)17-7-4-8-18(17)23(31)27-19(13-20(28)29)14-5-2-1-3-6-14/h1-3,5-6,9-12,17-19H,4,7-8,13H2,(H3,24,25)(H,26,30)(H,27,31)(H,28,29). The number of nitrogens with one attached hydrogen (secondary N) is 3. The van der Waals surface area contributed by atoms with E-state index in [1.54, 1.807) is 48.5 Å². The molecule has 2 aromatic rings. The van der Waals surface area contributed by atoms with Gasteiger partial charge in [0.15, 0.2) is 0 Å². The molecule has 3 rings (SSSR count). The van der Waals surface area contributed by atoms with Crippen LogP contribution in [0.25, 0.3) is 0 Å². The van der Waals surface area contributed by atoms with E-state index in [-0.39, 0.29) is 24.1 Å². The normalized spacial score (nSPS) is 18.7.